The molecule has 2 aromatic rings. The van der Waals surface area contributed by atoms with Crippen LogP contribution < -0.4 is 9.47 Å². The molecule has 0 aromatic heterocycles. The van der Waals surface area contributed by atoms with Gasteiger partial charge in [-0.05, 0) is 53.0 Å². The predicted molar refractivity (Wildman–Crippen MR) is 114 cm³/mol. The number of rotatable bonds is 5. The van der Waals surface area contributed by atoms with Gasteiger partial charge in [-0.3, -0.25) is 0 Å². The van der Waals surface area contributed by atoms with E-state index in [0.29, 0.717) is 28.2 Å². The minimum Gasteiger partial charge on any atom is -0.493 e. The number of nitrogens with zero attached hydrogens (tertiary/aromatic N) is 1. The highest BCUT2D eigenvalue weighted by Crippen LogP contribution is 2.38. The van der Waals surface area contributed by atoms with E-state index in [1.54, 1.807) is 19.2 Å². The Hall–Kier alpha value is -1.01. The summed E-state index contributed by atoms with van der Waals surface area (Å²) in [5.41, 5.74) is 1.80. The first kappa shape index (κ1) is 19.7. The molecule has 0 saturated carbocycles. The number of ether oxygens (including phenoxy) is 2. The molecule has 1 fully saturated rings. The SMILES string of the molecule is COc1cc(C(=S)N2CCCC2)cc(Br)c1OCc1ccc(Cl)cc1Cl. The van der Waals surface area contributed by atoms with E-state index in [4.69, 9.17) is 44.9 Å². The third-order valence-electron chi connectivity index (χ3n) is 4.26. The maximum absolute atomic E-state index is 6.22. The number of methoxy groups -OCH3 is 1. The minimum absolute atomic E-state index is 0.306. The number of hydrogen-bond donors (Lipinski definition) is 0. The fourth-order valence-corrected chi connectivity index (χ4v) is 4.19. The summed E-state index contributed by atoms with van der Waals surface area (Å²) >= 11 is 21.4. The van der Waals surface area contributed by atoms with Crippen molar-refractivity contribution in [3.63, 3.8) is 0 Å². The highest BCUT2D eigenvalue weighted by molar-refractivity contribution is 9.10. The molecule has 0 N–H and O–H groups in total. The van der Waals surface area contributed by atoms with Crippen LogP contribution in [0.5, 0.6) is 11.5 Å². The average Bonchev–Trinajstić information content (AvgIpc) is 3.15. The molecule has 1 aliphatic rings. The monoisotopic (exact) mass is 473 g/mol. The van der Waals surface area contributed by atoms with E-state index in [1.807, 2.05) is 18.2 Å². The molecule has 0 aliphatic carbocycles. The van der Waals surface area contributed by atoms with Crippen LogP contribution in [0.2, 0.25) is 10.0 Å². The van der Waals surface area contributed by atoms with Crippen LogP contribution in [0, 0.1) is 0 Å². The molecule has 1 aliphatic heterocycles. The smallest absolute Gasteiger partial charge is 0.175 e. The topological polar surface area (TPSA) is 21.7 Å². The molecule has 0 bridgehead atoms. The van der Waals surface area contributed by atoms with Gasteiger partial charge >= 0.3 is 0 Å². The van der Waals surface area contributed by atoms with Crippen molar-refractivity contribution in [2.75, 3.05) is 20.2 Å². The molecule has 7 heteroatoms. The third-order valence-corrected chi connectivity index (χ3v) is 5.93. The van der Waals surface area contributed by atoms with Crippen LogP contribution in [0.4, 0.5) is 0 Å². The normalized spacial score (nSPS) is 13.8. The number of benzene rings is 2. The van der Waals surface area contributed by atoms with Crippen LogP contribution in [0.15, 0.2) is 34.8 Å². The molecule has 1 heterocycles. The Morgan fingerprint density at radius 1 is 1.19 bits per heavy atom. The second-order valence-electron chi connectivity index (χ2n) is 6.01. The van der Waals surface area contributed by atoms with Gasteiger partial charge in [0.15, 0.2) is 11.5 Å². The van der Waals surface area contributed by atoms with E-state index in [2.05, 4.69) is 20.8 Å². The zero-order valence-corrected chi connectivity index (χ0v) is 18.1. The summed E-state index contributed by atoms with van der Waals surface area (Å²) in [5, 5.41) is 1.16. The molecular weight excluding hydrogens is 457 g/mol. The number of thiocarbonyl (C=S) groups is 1. The summed E-state index contributed by atoms with van der Waals surface area (Å²) in [6.07, 6.45) is 2.36. The van der Waals surface area contributed by atoms with Crippen LogP contribution in [0.3, 0.4) is 0 Å². The van der Waals surface area contributed by atoms with E-state index in [9.17, 15) is 0 Å². The van der Waals surface area contributed by atoms with Gasteiger partial charge in [0.25, 0.3) is 0 Å². The highest BCUT2D eigenvalue weighted by atomic mass is 79.9. The van der Waals surface area contributed by atoms with E-state index in [0.717, 1.165) is 33.7 Å². The van der Waals surface area contributed by atoms with Crippen molar-refractivity contribution < 1.29 is 9.47 Å². The van der Waals surface area contributed by atoms with Crippen LogP contribution in [-0.2, 0) is 6.61 Å². The van der Waals surface area contributed by atoms with E-state index >= 15 is 0 Å². The summed E-state index contributed by atoms with van der Waals surface area (Å²) in [6.45, 7) is 2.32. The van der Waals surface area contributed by atoms with Crippen LogP contribution in [0.1, 0.15) is 24.0 Å². The third kappa shape index (κ3) is 4.45. The predicted octanol–water partition coefficient (Wildman–Crippen LogP) is 6.11. The van der Waals surface area contributed by atoms with Crippen LogP contribution in [-0.4, -0.2) is 30.1 Å². The van der Waals surface area contributed by atoms with Gasteiger partial charge < -0.3 is 14.4 Å². The Morgan fingerprint density at radius 3 is 2.58 bits per heavy atom. The largest absolute Gasteiger partial charge is 0.493 e. The Kier molecular flexibility index (Phi) is 6.67. The molecule has 0 amide bonds. The van der Waals surface area contributed by atoms with Gasteiger partial charge in [-0.1, -0.05) is 41.5 Å². The van der Waals surface area contributed by atoms with Crippen LogP contribution in [0.25, 0.3) is 0 Å². The maximum atomic E-state index is 6.22. The Balaban J connectivity index is 1.81. The molecule has 138 valence electrons. The molecular formula is C19H18BrCl2NO2S. The van der Waals surface area contributed by atoms with Gasteiger partial charge in [0.05, 0.1) is 11.6 Å². The molecule has 0 atom stereocenters. The summed E-state index contributed by atoms with van der Waals surface area (Å²) in [6, 6.07) is 9.23. The Bertz CT molecular complexity index is 825. The summed E-state index contributed by atoms with van der Waals surface area (Å²) < 4.78 is 12.3. The van der Waals surface area contributed by atoms with Crippen molar-refractivity contribution in [1.29, 1.82) is 0 Å². The van der Waals surface area contributed by atoms with Gasteiger partial charge in [0, 0.05) is 34.3 Å². The highest BCUT2D eigenvalue weighted by Gasteiger charge is 2.20. The van der Waals surface area contributed by atoms with Gasteiger partial charge in [-0.2, -0.15) is 0 Å². The van der Waals surface area contributed by atoms with E-state index < -0.39 is 0 Å². The van der Waals surface area contributed by atoms with E-state index in [-0.39, 0.29) is 0 Å². The van der Waals surface area contributed by atoms with Gasteiger partial charge in [-0.25, -0.2) is 0 Å². The van der Waals surface area contributed by atoms with Crippen molar-refractivity contribution in [3.8, 4) is 11.5 Å². The molecule has 0 unspecified atom stereocenters. The summed E-state index contributed by atoms with van der Waals surface area (Å²) in [4.78, 5) is 3.07. The molecule has 0 spiro atoms. The van der Waals surface area contributed by atoms with Crippen molar-refractivity contribution >= 4 is 56.3 Å². The first-order chi connectivity index (χ1) is 12.5. The zero-order valence-electron chi connectivity index (χ0n) is 14.2. The molecule has 26 heavy (non-hydrogen) atoms. The summed E-state index contributed by atoms with van der Waals surface area (Å²) in [7, 11) is 1.62. The molecule has 3 rings (SSSR count). The number of halogens is 3. The van der Waals surface area contributed by atoms with Crippen molar-refractivity contribution in [1.82, 2.24) is 4.90 Å². The lowest BCUT2D eigenvalue weighted by Gasteiger charge is -2.20. The lowest BCUT2D eigenvalue weighted by Crippen LogP contribution is -2.26. The maximum Gasteiger partial charge on any atom is 0.175 e. The van der Waals surface area contributed by atoms with Gasteiger partial charge in [-0.15, -0.1) is 0 Å². The molecule has 1 saturated heterocycles. The lowest BCUT2D eigenvalue weighted by atomic mass is 10.2. The molecule has 3 nitrogen and oxygen atoms in total. The molecule has 2 aromatic carbocycles. The average molecular weight is 475 g/mol. The second kappa shape index (κ2) is 8.79. The number of likely N-dealkylation sites (tertiary alicyclic amines) is 1. The first-order valence-electron chi connectivity index (χ1n) is 8.23. The van der Waals surface area contributed by atoms with Gasteiger partial charge in [0.1, 0.15) is 11.6 Å². The Morgan fingerprint density at radius 2 is 1.92 bits per heavy atom. The van der Waals surface area contributed by atoms with Crippen molar-refractivity contribution in [2.24, 2.45) is 0 Å². The van der Waals surface area contributed by atoms with Crippen molar-refractivity contribution in [2.45, 2.75) is 19.4 Å². The number of hydrogen-bond acceptors (Lipinski definition) is 3. The minimum atomic E-state index is 0.306. The zero-order chi connectivity index (χ0) is 18.7. The van der Waals surface area contributed by atoms with Gasteiger partial charge in [0.2, 0.25) is 0 Å². The molecule has 0 radical (unpaired) electrons. The second-order valence-corrected chi connectivity index (χ2v) is 8.10. The summed E-state index contributed by atoms with van der Waals surface area (Å²) in [5.74, 6) is 1.24. The first-order valence-corrected chi connectivity index (χ1v) is 10.2. The fraction of sp³-hybridized carbons (Fsp3) is 0.316. The van der Waals surface area contributed by atoms with Crippen LogP contribution >= 0.6 is 51.3 Å². The standard InChI is InChI=1S/C19H18BrCl2NO2S/c1-24-17-9-13(19(26)23-6-2-3-7-23)8-15(20)18(17)25-11-12-4-5-14(21)10-16(12)22/h4-5,8-10H,2-3,6-7,11H2,1H3. The van der Waals surface area contributed by atoms with Crippen molar-refractivity contribution in [3.05, 3.63) is 56.0 Å². The fourth-order valence-electron chi connectivity index (χ4n) is 2.87. The quantitative estimate of drug-likeness (QED) is 0.487. The Labute approximate surface area is 177 Å². The van der Waals surface area contributed by atoms with E-state index in [1.165, 1.54) is 12.8 Å². The lowest BCUT2D eigenvalue weighted by molar-refractivity contribution is 0.282.